The van der Waals surface area contributed by atoms with E-state index < -0.39 is 0 Å². The van der Waals surface area contributed by atoms with Crippen LogP contribution in [0.3, 0.4) is 0 Å². The fraction of sp³-hybridized carbons (Fsp3) is 0.100. The number of benzene rings is 1. The fourth-order valence-electron chi connectivity index (χ4n) is 2.57. The Kier molecular flexibility index (Phi) is 6.55. The van der Waals surface area contributed by atoms with Crippen LogP contribution in [0.5, 0.6) is 0 Å². The van der Waals surface area contributed by atoms with Gasteiger partial charge in [0.25, 0.3) is 0 Å². The number of nitrogens with zero attached hydrogens (tertiary/aromatic N) is 3. The molecule has 0 fully saturated rings. The highest BCUT2D eigenvalue weighted by molar-refractivity contribution is 9.10. The van der Waals surface area contributed by atoms with E-state index in [1.807, 2.05) is 48.7 Å². The number of pyridine rings is 1. The molecule has 0 bridgehead atoms. The lowest BCUT2D eigenvalue weighted by atomic mass is 10.0. The Balaban J connectivity index is 1.86. The topological polar surface area (TPSA) is 116 Å². The first-order valence-electron chi connectivity index (χ1n) is 8.31. The lowest BCUT2D eigenvalue weighted by Crippen LogP contribution is -2.14. The molecule has 3 aromatic rings. The van der Waals surface area contributed by atoms with Gasteiger partial charge in [-0.05, 0) is 36.1 Å². The Morgan fingerprint density at radius 3 is 2.69 bits per heavy atom. The van der Waals surface area contributed by atoms with Gasteiger partial charge in [-0.25, -0.2) is 4.98 Å². The third-order valence-electron chi connectivity index (χ3n) is 3.98. The summed E-state index contributed by atoms with van der Waals surface area (Å²) in [5, 5.41) is 24.2. The number of thioether (sulfide) groups is 1. The van der Waals surface area contributed by atoms with Crippen LogP contribution >= 0.6 is 39.0 Å². The number of hydrogen-bond acceptors (Lipinski definition) is 7. The van der Waals surface area contributed by atoms with Gasteiger partial charge in [-0.2, -0.15) is 10.5 Å². The summed E-state index contributed by atoms with van der Waals surface area (Å²) in [7, 11) is 0. The third kappa shape index (κ3) is 4.60. The number of amides is 1. The van der Waals surface area contributed by atoms with Gasteiger partial charge in [0.15, 0.2) is 0 Å². The average Bonchev–Trinajstić information content (AvgIpc) is 3.23. The Hall–Kier alpha value is -2.85. The number of thiophene rings is 1. The van der Waals surface area contributed by atoms with Crippen molar-refractivity contribution in [2.45, 2.75) is 11.9 Å². The number of aryl methyl sites for hydroxylation is 1. The first-order valence-corrected chi connectivity index (χ1v) is 11.0. The number of aromatic nitrogens is 1. The van der Waals surface area contributed by atoms with E-state index >= 15 is 0 Å². The van der Waals surface area contributed by atoms with E-state index in [0.717, 1.165) is 26.7 Å². The molecule has 0 atom stereocenters. The van der Waals surface area contributed by atoms with E-state index in [2.05, 4.69) is 32.3 Å². The zero-order valence-electron chi connectivity index (χ0n) is 15.2. The first-order chi connectivity index (χ1) is 13.9. The predicted octanol–water partition coefficient (Wildman–Crippen LogP) is 4.94. The highest BCUT2D eigenvalue weighted by Crippen LogP contribution is 2.37. The molecule has 9 heteroatoms. The highest BCUT2D eigenvalue weighted by Gasteiger charge is 2.21. The molecule has 0 aliphatic heterocycles. The standard InChI is InChI=1S/C20H14BrN5OS2/c1-11-4-5-12(7-15(11)21)25-17(27)10-29-20-14(9-23)18(16-3-2-6-28-16)13(8-22)19(24)26-20/h2-7H,10H2,1H3,(H2,24,26)(H,25,27). The molecule has 3 N–H and O–H groups in total. The van der Waals surface area contributed by atoms with Gasteiger partial charge in [-0.15, -0.1) is 11.3 Å². The maximum Gasteiger partial charge on any atom is 0.234 e. The maximum absolute atomic E-state index is 12.4. The first kappa shape index (κ1) is 20.9. The molecule has 0 radical (unpaired) electrons. The second-order valence-electron chi connectivity index (χ2n) is 5.93. The van der Waals surface area contributed by atoms with Crippen molar-refractivity contribution in [3.63, 3.8) is 0 Å². The maximum atomic E-state index is 12.4. The molecule has 1 aromatic carbocycles. The number of rotatable bonds is 5. The molecule has 2 aromatic heterocycles. The highest BCUT2D eigenvalue weighted by atomic mass is 79.9. The molecular weight excluding hydrogens is 470 g/mol. The molecule has 144 valence electrons. The molecule has 0 saturated carbocycles. The summed E-state index contributed by atoms with van der Waals surface area (Å²) in [6, 6.07) is 13.3. The zero-order valence-corrected chi connectivity index (χ0v) is 18.4. The summed E-state index contributed by atoms with van der Waals surface area (Å²) < 4.78 is 0.900. The molecule has 6 nitrogen and oxygen atoms in total. The van der Waals surface area contributed by atoms with Gasteiger partial charge in [0.1, 0.15) is 28.5 Å². The van der Waals surface area contributed by atoms with Crippen molar-refractivity contribution < 1.29 is 4.79 Å². The monoisotopic (exact) mass is 483 g/mol. The Bertz CT molecular complexity index is 1160. The summed E-state index contributed by atoms with van der Waals surface area (Å²) in [4.78, 5) is 17.3. The van der Waals surface area contributed by atoms with Crippen molar-refractivity contribution in [1.82, 2.24) is 4.98 Å². The number of hydrogen-bond donors (Lipinski definition) is 2. The summed E-state index contributed by atoms with van der Waals surface area (Å²) in [6.45, 7) is 1.96. The van der Waals surface area contributed by atoms with Gasteiger partial charge in [-0.3, -0.25) is 4.79 Å². The molecule has 29 heavy (non-hydrogen) atoms. The summed E-state index contributed by atoms with van der Waals surface area (Å²) >= 11 is 5.95. The largest absolute Gasteiger partial charge is 0.383 e. The molecule has 1 amide bonds. The number of carbonyl (C=O) groups is 1. The van der Waals surface area contributed by atoms with Gasteiger partial charge in [-0.1, -0.05) is 39.8 Å². The molecule has 0 spiro atoms. The van der Waals surface area contributed by atoms with Crippen LogP contribution in [0.1, 0.15) is 16.7 Å². The minimum absolute atomic E-state index is 0.0419. The molecular formula is C20H14BrN5OS2. The van der Waals surface area contributed by atoms with Crippen molar-refractivity contribution in [1.29, 1.82) is 10.5 Å². The zero-order chi connectivity index (χ0) is 21.0. The third-order valence-corrected chi connectivity index (χ3v) is 6.70. The van der Waals surface area contributed by atoms with E-state index in [4.69, 9.17) is 5.73 Å². The summed E-state index contributed by atoms with van der Waals surface area (Å²) in [5.74, 6) is -0.153. The van der Waals surface area contributed by atoms with Gasteiger partial charge in [0.05, 0.1) is 11.3 Å². The van der Waals surface area contributed by atoms with E-state index in [9.17, 15) is 15.3 Å². The van der Waals surface area contributed by atoms with Crippen LogP contribution in [-0.4, -0.2) is 16.6 Å². The lowest BCUT2D eigenvalue weighted by molar-refractivity contribution is -0.113. The second kappa shape index (κ2) is 9.10. The summed E-state index contributed by atoms with van der Waals surface area (Å²) in [5.41, 5.74) is 8.57. The van der Waals surface area contributed by atoms with Crippen LogP contribution in [0, 0.1) is 29.6 Å². The smallest absolute Gasteiger partial charge is 0.234 e. The minimum Gasteiger partial charge on any atom is -0.383 e. The lowest BCUT2D eigenvalue weighted by Gasteiger charge is -2.12. The molecule has 3 rings (SSSR count). The van der Waals surface area contributed by atoms with Gasteiger partial charge < -0.3 is 11.1 Å². The van der Waals surface area contributed by atoms with Crippen LogP contribution in [0.2, 0.25) is 0 Å². The predicted molar refractivity (Wildman–Crippen MR) is 120 cm³/mol. The van der Waals surface area contributed by atoms with Gasteiger partial charge >= 0.3 is 0 Å². The van der Waals surface area contributed by atoms with Crippen LogP contribution < -0.4 is 11.1 Å². The number of halogens is 1. The number of nitrogens with two attached hydrogens (primary N) is 1. The summed E-state index contributed by atoms with van der Waals surface area (Å²) in [6.07, 6.45) is 0. The second-order valence-corrected chi connectivity index (χ2v) is 8.69. The van der Waals surface area contributed by atoms with Gasteiger partial charge in [0, 0.05) is 20.6 Å². The van der Waals surface area contributed by atoms with Crippen molar-refractivity contribution in [3.8, 4) is 22.6 Å². The minimum atomic E-state index is -0.239. The fourth-order valence-corrected chi connectivity index (χ4v) is 4.53. The normalized spacial score (nSPS) is 10.2. The van der Waals surface area contributed by atoms with E-state index in [-0.39, 0.29) is 28.6 Å². The van der Waals surface area contributed by atoms with Crippen molar-refractivity contribution in [2.75, 3.05) is 16.8 Å². The molecule has 0 saturated heterocycles. The number of carbonyl (C=O) groups excluding carboxylic acids is 1. The van der Waals surface area contributed by atoms with E-state index in [1.54, 1.807) is 0 Å². The quantitative estimate of drug-likeness (QED) is 0.496. The van der Waals surface area contributed by atoms with Crippen molar-refractivity contribution in [2.24, 2.45) is 0 Å². The number of nitrogens with one attached hydrogen (secondary N) is 1. The molecule has 0 aliphatic rings. The SMILES string of the molecule is Cc1ccc(NC(=O)CSc2nc(N)c(C#N)c(-c3cccs3)c2C#N)cc1Br. The van der Waals surface area contributed by atoms with Crippen LogP contribution in [0.4, 0.5) is 11.5 Å². The van der Waals surface area contributed by atoms with E-state index in [0.29, 0.717) is 16.3 Å². The Labute approximate surface area is 184 Å². The van der Waals surface area contributed by atoms with E-state index in [1.165, 1.54) is 11.3 Å². The van der Waals surface area contributed by atoms with Gasteiger partial charge in [0.2, 0.25) is 5.91 Å². The van der Waals surface area contributed by atoms with Crippen molar-refractivity contribution in [3.05, 3.63) is 56.9 Å². The number of anilines is 2. The van der Waals surface area contributed by atoms with Crippen LogP contribution in [0.25, 0.3) is 10.4 Å². The van der Waals surface area contributed by atoms with Crippen LogP contribution in [0.15, 0.2) is 45.2 Å². The number of nitriles is 2. The molecule has 2 heterocycles. The molecule has 0 aliphatic carbocycles. The van der Waals surface area contributed by atoms with Crippen LogP contribution in [-0.2, 0) is 4.79 Å². The number of nitrogen functional groups attached to an aromatic ring is 1. The van der Waals surface area contributed by atoms with Crippen molar-refractivity contribution >= 4 is 56.4 Å². The Morgan fingerprint density at radius 1 is 1.31 bits per heavy atom. The Morgan fingerprint density at radius 2 is 2.07 bits per heavy atom. The average molecular weight is 484 g/mol. The molecule has 0 unspecified atom stereocenters.